The van der Waals surface area contributed by atoms with E-state index in [1.807, 2.05) is 109 Å². The minimum absolute atomic E-state index is 0.0713. The molecule has 6 aliphatic rings. The van der Waals surface area contributed by atoms with Gasteiger partial charge in [0.05, 0.1) is 33.4 Å². The van der Waals surface area contributed by atoms with Gasteiger partial charge in [0, 0.05) is 0 Å². The highest BCUT2D eigenvalue weighted by molar-refractivity contribution is 6.27. The quantitative estimate of drug-likeness (QED) is 0.0455. The van der Waals surface area contributed by atoms with Crippen molar-refractivity contribution >= 4 is 68.1 Å². The molecule has 0 spiro atoms. The number of ether oxygens (including phenoxy) is 6. The van der Waals surface area contributed by atoms with Gasteiger partial charge in [0.25, 0.3) is 0 Å². The number of benzene rings is 10. The lowest BCUT2D eigenvalue weighted by molar-refractivity contribution is 0.0680. The largest absolute Gasteiger partial charge is 0.419 e. The molecule has 0 unspecified atom stereocenters. The Morgan fingerprint density at radius 2 is 0.315 bits per heavy atom. The van der Waals surface area contributed by atoms with Gasteiger partial charge in [-0.25, -0.2) is 28.8 Å². The van der Waals surface area contributed by atoms with Crippen LogP contribution in [-0.4, -0.2) is 35.8 Å². The number of fused-ring (bicyclic) bond motifs is 6. The number of esters is 6. The molecule has 12 heteroatoms. The predicted molar refractivity (Wildman–Crippen MR) is 422 cm³/mol. The standard InChI is InChI=1S/C96H96O12/c97-91(73-49-25-19-43-67(73)61-31-7-1-8-32-61)103-85-55-79-80(56-86(85)104-92(98)74-50-26-20-44-68(74)62-33-9-2-10-34-62)82-58-88(106-94(100)76-52-28-22-46-70(76)64-37-13-4-14-38-64)90(108-96(102)78-54-30-24-48-72(78)66-41-17-6-18-42-66)60-84(82)83-59-89(107-95(101)77-53-29-23-47-71(77)65-39-15-5-16-40-65)87(57-81(79)83)105-93(99)75-51-27-21-45-69(75)63-35-11-3-12-36-63/h19-30,43-66H,1-18,31-42H2. The zero-order chi connectivity index (χ0) is 73.5. The number of carbonyl (C=O) groups excluding carboxylic acids is 6. The van der Waals surface area contributed by atoms with Crippen LogP contribution in [0.25, 0.3) is 32.3 Å². The van der Waals surface area contributed by atoms with Crippen molar-refractivity contribution < 1.29 is 57.2 Å². The third-order valence-electron chi connectivity index (χ3n) is 24.7. The molecule has 0 saturated heterocycles. The topological polar surface area (TPSA) is 158 Å². The Labute approximate surface area is 633 Å². The van der Waals surface area contributed by atoms with Crippen molar-refractivity contribution in [2.45, 2.75) is 228 Å². The number of rotatable bonds is 18. The average Bonchev–Trinajstić information content (AvgIpc) is 0.720. The fourth-order valence-corrected chi connectivity index (χ4v) is 19.1. The maximum atomic E-state index is 15.5. The number of hydrogen-bond donors (Lipinski definition) is 0. The van der Waals surface area contributed by atoms with Gasteiger partial charge < -0.3 is 28.4 Å². The zero-order valence-corrected chi connectivity index (χ0v) is 61.9. The first-order valence-electron chi connectivity index (χ1n) is 40.5. The highest BCUT2D eigenvalue weighted by atomic mass is 16.6. The Morgan fingerprint density at radius 1 is 0.185 bits per heavy atom. The predicted octanol–water partition coefficient (Wildman–Crippen LogP) is 24.7. The van der Waals surface area contributed by atoms with E-state index in [1.54, 1.807) is 72.8 Å². The molecule has 10 aromatic carbocycles. The highest BCUT2D eigenvalue weighted by Gasteiger charge is 2.34. The molecule has 6 aliphatic carbocycles. The van der Waals surface area contributed by atoms with Crippen molar-refractivity contribution in [3.63, 3.8) is 0 Å². The van der Waals surface area contributed by atoms with Gasteiger partial charge in [-0.1, -0.05) is 225 Å². The Balaban J connectivity index is 0.944. The maximum absolute atomic E-state index is 15.5. The molecule has 0 aromatic heterocycles. The van der Waals surface area contributed by atoms with Crippen molar-refractivity contribution in [1.82, 2.24) is 0 Å². The minimum atomic E-state index is -0.645. The van der Waals surface area contributed by atoms with Crippen LogP contribution in [0.15, 0.2) is 182 Å². The summed E-state index contributed by atoms with van der Waals surface area (Å²) in [4.78, 5) is 92.8. The molecule has 0 N–H and O–H groups in total. The van der Waals surface area contributed by atoms with Crippen molar-refractivity contribution in [1.29, 1.82) is 0 Å². The molecule has 16 rings (SSSR count). The average molecular weight is 1440 g/mol. The third-order valence-corrected chi connectivity index (χ3v) is 24.7. The molecular weight excluding hydrogens is 1350 g/mol. The Bertz CT molecular complexity index is 4190. The van der Waals surface area contributed by atoms with Gasteiger partial charge in [-0.2, -0.15) is 0 Å². The molecule has 6 saturated carbocycles. The van der Waals surface area contributed by atoms with Gasteiger partial charge in [0.15, 0.2) is 34.5 Å². The molecule has 0 bridgehead atoms. The molecule has 0 heterocycles. The molecule has 12 nitrogen and oxygen atoms in total. The van der Waals surface area contributed by atoms with Gasteiger partial charge in [0.2, 0.25) is 0 Å². The van der Waals surface area contributed by atoms with Crippen LogP contribution in [0.4, 0.5) is 0 Å². The Morgan fingerprint density at radius 3 is 0.454 bits per heavy atom. The first-order chi connectivity index (χ1) is 53.1. The maximum Gasteiger partial charge on any atom is 0.343 e. The van der Waals surface area contributed by atoms with Gasteiger partial charge in [0.1, 0.15) is 0 Å². The summed E-state index contributed by atoms with van der Waals surface area (Å²) in [6, 6.07) is 55.6. The van der Waals surface area contributed by atoms with Gasteiger partial charge in [-0.05, 0) is 251 Å². The molecule has 0 radical (unpaired) electrons. The van der Waals surface area contributed by atoms with E-state index in [2.05, 4.69) is 0 Å². The summed E-state index contributed by atoms with van der Waals surface area (Å²) in [5, 5.41) is 2.55. The van der Waals surface area contributed by atoms with Crippen molar-refractivity contribution in [2.75, 3.05) is 0 Å². The van der Waals surface area contributed by atoms with Crippen LogP contribution in [-0.2, 0) is 0 Å². The van der Waals surface area contributed by atoms with Gasteiger partial charge >= 0.3 is 35.8 Å². The molecule has 6 fully saturated rings. The van der Waals surface area contributed by atoms with Crippen molar-refractivity contribution in [3.05, 3.63) is 249 Å². The summed E-state index contributed by atoms with van der Waals surface area (Å²) in [7, 11) is 0. The first kappa shape index (κ1) is 72.0. The molecule has 0 aliphatic heterocycles. The summed E-state index contributed by atoms with van der Waals surface area (Å²) < 4.78 is 40.6. The molecule has 0 atom stereocenters. The van der Waals surface area contributed by atoms with Crippen LogP contribution in [0.2, 0.25) is 0 Å². The number of hydrogen-bond acceptors (Lipinski definition) is 12. The lowest BCUT2D eigenvalue weighted by Crippen LogP contribution is -2.18. The van der Waals surface area contributed by atoms with E-state index in [9.17, 15) is 0 Å². The first-order valence-corrected chi connectivity index (χ1v) is 40.5. The van der Waals surface area contributed by atoms with E-state index in [0.717, 1.165) is 226 Å². The third kappa shape index (κ3) is 15.5. The lowest BCUT2D eigenvalue weighted by atomic mass is 9.82. The second-order valence-electron chi connectivity index (χ2n) is 31.4. The number of carbonyl (C=O) groups is 6. The second kappa shape index (κ2) is 33.1. The van der Waals surface area contributed by atoms with E-state index in [-0.39, 0.29) is 70.0 Å². The monoisotopic (exact) mass is 1440 g/mol. The van der Waals surface area contributed by atoms with Crippen LogP contribution >= 0.6 is 0 Å². The van der Waals surface area contributed by atoms with Crippen LogP contribution in [0, 0.1) is 0 Å². The molecule has 10 aromatic rings. The smallest absolute Gasteiger partial charge is 0.343 e. The highest BCUT2D eigenvalue weighted by Crippen LogP contribution is 2.50. The van der Waals surface area contributed by atoms with Gasteiger partial charge in [-0.3, -0.25) is 0 Å². The van der Waals surface area contributed by atoms with Crippen LogP contribution in [0.1, 0.15) is 324 Å². The summed E-state index contributed by atoms with van der Waals surface area (Å²) in [5.74, 6) is -3.53. The summed E-state index contributed by atoms with van der Waals surface area (Å²) in [5.41, 5.74) is 7.69. The van der Waals surface area contributed by atoms with E-state index in [0.29, 0.717) is 65.7 Å². The fourth-order valence-electron chi connectivity index (χ4n) is 19.1. The van der Waals surface area contributed by atoms with E-state index in [1.165, 1.54) is 0 Å². The second-order valence-corrected chi connectivity index (χ2v) is 31.4. The lowest BCUT2D eigenvalue weighted by Gasteiger charge is -2.25. The van der Waals surface area contributed by atoms with Crippen LogP contribution in [0.5, 0.6) is 34.5 Å². The van der Waals surface area contributed by atoms with Crippen LogP contribution in [0.3, 0.4) is 0 Å². The van der Waals surface area contributed by atoms with Crippen molar-refractivity contribution in [2.24, 2.45) is 0 Å². The summed E-state index contributed by atoms with van der Waals surface area (Å²) >= 11 is 0. The van der Waals surface area contributed by atoms with E-state index >= 15 is 28.8 Å². The van der Waals surface area contributed by atoms with Crippen molar-refractivity contribution in [3.8, 4) is 34.5 Å². The Kier molecular flexibility index (Phi) is 22.1. The molecule has 108 heavy (non-hydrogen) atoms. The molecular formula is C96H96O12. The van der Waals surface area contributed by atoms with Crippen LogP contribution < -0.4 is 28.4 Å². The fraction of sp³-hybridized carbons (Fsp3) is 0.375. The summed E-state index contributed by atoms with van der Waals surface area (Å²) in [6.45, 7) is 0. The van der Waals surface area contributed by atoms with E-state index in [4.69, 9.17) is 28.4 Å². The minimum Gasteiger partial charge on any atom is -0.419 e. The summed E-state index contributed by atoms with van der Waals surface area (Å²) in [6.07, 6.45) is 30.2. The molecule has 0 amide bonds. The van der Waals surface area contributed by atoms with Gasteiger partial charge in [-0.15, -0.1) is 0 Å². The SMILES string of the molecule is O=C(Oc1cc2c3cc(OC(=O)c4ccccc4C4CCCCC4)c(OC(=O)c4ccccc4C4CCCCC4)cc3c3cc(OC(=O)c4ccccc4C4CCCCC4)c(OC(=O)c4ccccc4C4CCCCC4)cc3c2cc1OC(=O)c1ccccc1C1CCCCC1)c1ccccc1C1CCCCC1. The zero-order valence-electron chi connectivity index (χ0n) is 61.9. The Hall–Kier alpha value is -10.2. The normalized spacial score (nSPS) is 17.4. The van der Waals surface area contributed by atoms with E-state index < -0.39 is 35.8 Å². The molecule has 552 valence electrons.